The first-order valence-corrected chi connectivity index (χ1v) is 4.62. The van der Waals surface area contributed by atoms with E-state index in [1.807, 2.05) is 13.1 Å². The molecule has 15 heavy (non-hydrogen) atoms. The number of nitrogens with one attached hydrogen (secondary N) is 1. The fourth-order valence-electron chi connectivity index (χ4n) is 1.14. The van der Waals surface area contributed by atoms with Crippen molar-refractivity contribution in [2.24, 2.45) is 0 Å². The smallest absolute Gasteiger partial charge is 0.394 e. The summed E-state index contributed by atoms with van der Waals surface area (Å²) in [5.41, 5.74) is 0.812. The molecule has 0 aromatic carbocycles. The number of rotatable bonds is 5. The Morgan fingerprint density at radius 3 is 3.13 bits per heavy atom. The quantitative estimate of drug-likeness (QED) is 0.808. The van der Waals surface area contributed by atoms with E-state index in [-0.39, 0.29) is 6.08 Å². The van der Waals surface area contributed by atoms with E-state index in [9.17, 15) is 0 Å². The van der Waals surface area contributed by atoms with Gasteiger partial charge in [0.05, 0.1) is 12.0 Å². The van der Waals surface area contributed by atoms with Crippen molar-refractivity contribution >= 4 is 0 Å². The minimum Gasteiger partial charge on any atom is -0.466 e. The van der Waals surface area contributed by atoms with Crippen LogP contribution in [-0.2, 0) is 13.2 Å². The summed E-state index contributed by atoms with van der Waals surface area (Å²) in [4.78, 5) is 4.11. The van der Waals surface area contributed by atoms with E-state index in [1.165, 1.54) is 0 Å². The van der Waals surface area contributed by atoms with Crippen LogP contribution in [0.5, 0.6) is 6.08 Å². The zero-order valence-corrected chi connectivity index (χ0v) is 8.40. The van der Waals surface area contributed by atoms with E-state index in [1.54, 1.807) is 18.6 Å². The molecule has 0 spiro atoms. The molecule has 2 rings (SSSR count). The molecule has 2 aromatic heterocycles. The van der Waals surface area contributed by atoms with Crippen LogP contribution in [0, 0.1) is 0 Å². The standard InChI is InChI=1S/C10H12N2O3/c1-11-5-8-6-14-10(12-8)15-7-9-3-2-4-13-9/h2-4,6,11H,5,7H2,1H3. The molecule has 80 valence electrons. The van der Waals surface area contributed by atoms with Crippen LogP contribution < -0.4 is 10.1 Å². The molecule has 0 amide bonds. The highest BCUT2D eigenvalue weighted by Crippen LogP contribution is 2.12. The molecule has 2 heterocycles. The molecule has 0 radical (unpaired) electrons. The Kier molecular flexibility index (Phi) is 3.04. The van der Waals surface area contributed by atoms with Crippen LogP contribution in [0.1, 0.15) is 11.5 Å². The summed E-state index contributed by atoms with van der Waals surface area (Å²) in [5, 5.41) is 2.97. The van der Waals surface area contributed by atoms with E-state index < -0.39 is 0 Å². The molecule has 2 aromatic rings. The van der Waals surface area contributed by atoms with Crippen LogP contribution in [0.4, 0.5) is 0 Å². The number of aromatic nitrogens is 1. The molecule has 5 heteroatoms. The van der Waals surface area contributed by atoms with Crippen molar-refractivity contribution in [1.82, 2.24) is 10.3 Å². The fraction of sp³-hybridized carbons (Fsp3) is 0.300. The SMILES string of the molecule is CNCc1coc(OCc2ccco2)n1. The van der Waals surface area contributed by atoms with Gasteiger partial charge in [0.2, 0.25) is 0 Å². The maximum Gasteiger partial charge on any atom is 0.394 e. The van der Waals surface area contributed by atoms with E-state index in [4.69, 9.17) is 13.6 Å². The first-order chi connectivity index (χ1) is 7.38. The maximum absolute atomic E-state index is 5.28. The molecule has 0 saturated heterocycles. The molecular weight excluding hydrogens is 196 g/mol. The lowest BCUT2D eigenvalue weighted by Gasteiger charge is -1.96. The minimum absolute atomic E-state index is 0.261. The summed E-state index contributed by atoms with van der Waals surface area (Å²) < 4.78 is 15.5. The topological polar surface area (TPSA) is 60.4 Å². The van der Waals surface area contributed by atoms with E-state index in [2.05, 4.69) is 10.3 Å². The number of hydrogen-bond donors (Lipinski definition) is 1. The first kappa shape index (κ1) is 9.79. The van der Waals surface area contributed by atoms with Gasteiger partial charge in [0, 0.05) is 6.54 Å². The second-order valence-corrected chi connectivity index (χ2v) is 3.00. The van der Waals surface area contributed by atoms with Crippen molar-refractivity contribution < 1.29 is 13.6 Å². The fourth-order valence-corrected chi connectivity index (χ4v) is 1.14. The summed E-state index contributed by atoms with van der Waals surface area (Å²) in [6, 6.07) is 3.64. The molecule has 0 saturated carbocycles. The Hall–Kier alpha value is -1.75. The number of furan rings is 1. The average molecular weight is 208 g/mol. The van der Waals surface area contributed by atoms with Crippen LogP contribution in [0.25, 0.3) is 0 Å². The number of nitrogens with zero attached hydrogens (tertiary/aromatic N) is 1. The predicted molar refractivity (Wildman–Crippen MR) is 52.3 cm³/mol. The lowest BCUT2D eigenvalue weighted by Crippen LogP contribution is -2.05. The van der Waals surface area contributed by atoms with Gasteiger partial charge in [-0.05, 0) is 19.2 Å². The number of oxazole rings is 1. The van der Waals surface area contributed by atoms with Gasteiger partial charge in [0.15, 0.2) is 6.61 Å². The molecule has 0 aliphatic heterocycles. The van der Waals surface area contributed by atoms with Crippen molar-refractivity contribution in [2.45, 2.75) is 13.2 Å². The molecule has 0 atom stereocenters. The van der Waals surface area contributed by atoms with Crippen LogP contribution in [0.15, 0.2) is 33.5 Å². The minimum atomic E-state index is 0.261. The zero-order chi connectivity index (χ0) is 10.5. The molecule has 0 bridgehead atoms. The lowest BCUT2D eigenvalue weighted by molar-refractivity contribution is 0.200. The molecule has 0 aliphatic carbocycles. The van der Waals surface area contributed by atoms with Crippen molar-refractivity contribution in [3.63, 3.8) is 0 Å². The third-order valence-corrected chi connectivity index (χ3v) is 1.81. The summed E-state index contributed by atoms with van der Waals surface area (Å²) in [7, 11) is 1.85. The zero-order valence-electron chi connectivity index (χ0n) is 8.40. The Bertz CT molecular complexity index is 394. The molecule has 5 nitrogen and oxygen atoms in total. The summed E-state index contributed by atoms with van der Waals surface area (Å²) >= 11 is 0. The molecular formula is C10H12N2O3. The van der Waals surface area contributed by atoms with Gasteiger partial charge in [0.25, 0.3) is 0 Å². The molecule has 0 unspecified atom stereocenters. The monoisotopic (exact) mass is 208 g/mol. The van der Waals surface area contributed by atoms with Crippen LogP contribution in [0.3, 0.4) is 0 Å². The molecule has 1 N–H and O–H groups in total. The van der Waals surface area contributed by atoms with E-state index >= 15 is 0 Å². The summed E-state index contributed by atoms with van der Waals surface area (Å²) in [6.45, 7) is 0.986. The molecule has 0 aliphatic rings. The Balaban J connectivity index is 1.88. The second kappa shape index (κ2) is 4.65. The third kappa shape index (κ3) is 2.60. The predicted octanol–water partition coefficient (Wildman–Crippen LogP) is 1.57. The summed E-state index contributed by atoms with van der Waals surface area (Å²) in [5.74, 6) is 0.739. The van der Waals surface area contributed by atoms with Gasteiger partial charge >= 0.3 is 6.08 Å². The number of ether oxygens (including phenoxy) is 1. The van der Waals surface area contributed by atoms with Crippen LogP contribution >= 0.6 is 0 Å². The van der Waals surface area contributed by atoms with Gasteiger partial charge < -0.3 is 18.9 Å². The molecule has 0 fully saturated rings. The van der Waals surface area contributed by atoms with Crippen molar-refractivity contribution in [3.8, 4) is 6.08 Å². The first-order valence-electron chi connectivity index (χ1n) is 4.62. The summed E-state index contributed by atoms with van der Waals surface area (Å²) in [6.07, 6.45) is 3.42. The van der Waals surface area contributed by atoms with Gasteiger partial charge in [0.1, 0.15) is 12.0 Å². The normalized spacial score (nSPS) is 10.5. The highest BCUT2D eigenvalue weighted by molar-refractivity contribution is 5.01. The van der Waals surface area contributed by atoms with Crippen molar-refractivity contribution in [1.29, 1.82) is 0 Å². The van der Waals surface area contributed by atoms with Gasteiger partial charge in [-0.1, -0.05) is 0 Å². The van der Waals surface area contributed by atoms with Gasteiger partial charge in [-0.15, -0.1) is 0 Å². The highest BCUT2D eigenvalue weighted by atomic mass is 16.6. The average Bonchev–Trinajstić information content (AvgIpc) is 2.85. The Labute approximate surface area is 87.1 Å². The highest BCUT2D eigenvalue weighted by Gasteiger charge is 2.05. The van der Waals surface area contributed by atoms with Crippen LogP contribution in [-0.4, -0.2) is 12.0 Å². The van der Waals surface area contributed by atoms with Gasteiger partial charge in [-0.2, -0.15) is 4.98 Å². The van der Waals surface area contributed by atoms with Gasteiger partial charge in [-0.3, -0.25) is 0 Å². The lowest BCUT2D eigenvalue weighted by atomic mass is 10.5. The number of hydrogen-bond acceptors (Lipinski definition) is 5. The third-order valence-electron chi connectivity index (χ3n) is 1.81. The second-order valence-electron chi connectivity index (χ2n) is 3.00. The van der Waals surface area contributed by atoms with Gasteiger partial charge in [-0.25, -0.2) is 0 Å². The van der Waals surface area contributed by atoms with Crippen LogP contribution in [0.2, 0.25) is 0 Å². The maximum atomic E-state index is 5.28. The van der Waals surface area contributed by atoms with Crippen molar-refractivity contribution in [2.75, 3.05) is 7.05 Å². The Morgan fingerprint density at radius 1 is 1.47 bits per heavy atom. The van der Waals surface area contributed by atoms with E-state index in [0.717, 1.165) is 11.5 Å². The largest absolute Gasteiger partial charge is 0.466 e. The van der Waals surface area contributed by atoms with Crippen molar-refractivity contribution in [3.05, 3.63) is 36.1 Å². The van der Waals surface area contributed by atoms with E-state index in [0.29, 0.717) is 13.2 Å². The Morgan fingerprint density at radius 2 is 2.40 bits per heavy atom.